The van der Waals surface area contributed by atoms with E-state index < -0.39 is 0 Å². The number of carbonyl (C=O) groups excluding carboxylic acids is 3. The second-order valence-electron chi connectivity index (χ2n) is 7.53. The molecule has 0 bridgehead atoms. The van der Waals surface area contributed by atoms with Crippen molar-refractivity contribution >= 4 is 23.5 Å². The molecule has 4 amide bonds. The number of anilines is 1. The van der Waals surface area contributed by atoms with E-state index in [9.17, 15) is 14.4 Å². The van der Waals surface area contributed by atoms with Crippen LogP contribution in [0.3, 0.4) is 0 Å². The Morgan fingerprint density at radius 3 is 2.47 bits per heavy atom. The summed E-state index contributed by atoms with van der Waals surface area (Å²) in [6.45, 7) is 3.69. The smallest absolute Gasteiger partial charge is 0.322 e. The molecule has 0 unspecified atom stereocenters. The van der Waals surface area contributed by atoms with Gasteiger partial charge >= 0.3 is 6.03 Å². The summed E-state index contributed by atoms with van der Waals surface area (Å²) in [5.74, 6) is 0.235. The molecule has 2 aromatic carbocycles. The van der Waals surface area contributed by atoms with Crippen molar-refractivity contribution in [2.75, 3.05) is 18.0 Å². The molecule has 1 aliphatic rings. The molecule has 2 heterocycles. The van der Waals surface area contributed by atoms with Gasteiger partial charge in [-0.05, 0) is 60.5 Å². The number of hydrogen-bond donors (Lipinski definition) is 3. The van der Waals surface area contributed by atoms with Crippen LogP contribution in [0, 0.1) is 6.92 Å². The lowest BCUT2D eigenvalue weighted by Gasteiger charge is -2.17. The predicted molar refractivity (Wildman–Crippen MR) is 119 cm³/mol. The van der Waals surface area contributed by atoms with Crippen LogP contribution in [0.4, 0.5) is 10.5 Å². The molecule has 0 spiro atoms. The Labute approximate surface area is 185 Å². The van der Waals surface area contributed by atoms with E-state index in [-0.39, 0.29) is 24.4 Å². The maximum absolute atomic E-state index is 12.6. The van der Waals surface area contributed by atoms with Gasteiger partial charge in [-0.1, -0.05) is 12.1 Å². The highest BCUT2D eigenvalue weighted by atomic mass is 16.3. The van der Waals surface area contributed by atoms with Crippen LogP contribution in [-0.2, 0) is 13.1 Å². The Bertz CT molecular complexity index is 1140. The van der Waals surface area contributed by atoms with E-state index in [1.54, 1.807) is 59.7 Å². The van der Waals surface area contributed by atoms with E-state index in [0.29, 0.717) is 36.5 Å². The van der Waals surface area contributed by atoms with Crippen LogP contribution in [0.25, 0.3) is 0 Å². The zero-order chi connectivity index (χ0) is 22.5. The minimum atomic E-state index is -0.224. The zero-order valence-electron chi connectivity index (χ0n) is 17.7. The molecule has 0 atom stereocenters. The van der Waals surface area contributed by atoms with Gasteiger partial charge in [0.15, 0.2) is 0 Å². The van der Waals surface area contributed by atoms with Crippen molar-refractivity contribution in [1.82, 2.24) is 16.0 Å². The van der Waals surface area contributed by atoms with Crippen molar-refractivity contribution in [3.63, 3.8) is 0 Å². The van der Waals surface area contributed by atoms with Gasteiger partial charge in [0.05, 0.1) is 12.8 Å². The van der Waals surface area contributed by atoms with Gasteiger partial charge in [0.2, 0.25) is 0 Å². The molecule has 0 aliphatic carbocycles. The number of amides is 4. The lowest BCUT2D eigenvalue weighted by atomic mass is 10.1. The van der Waals surface area contributed by atoms with Crippen LogP contribution in [0.1, 0.15) is 37.6 Å². The topological polar surface area (TPSA) is 104 Å². The van der Waals surface area contributed by atoms with Crippen LogP contribution in [0.2, 0.25) is 0 Å². The van der Waals surface area contributed by atoms with E-state index in [1.807, 2.05) is 13.0 Å². The first-order valence-electron chi connectivity index (χ1n) is 10.3. The summed E-state index contributed by atoms with van der Waals surface area (Å²) in [4.78, 5) is 38.6. The second kappa shape index (κ2) is 9.38. The quantitative estimate of drug-likeness (QED) is 0.534. The molecule has 1 aromatic heterocycles. The summed E-state index contributed by atoms with van der Waals surface area (Å²) in [6.07, 6.45) is 1.56. The third kappa shape index (κ3) is 4.80. The molecule has 3 N–H and O–H groups in total. The summed E-state index contributed by atoms with van der Waals surface area (Å²) < 4.78 is 5.22. The first kappa shape index (κ1) is 21.2. The van der Waals surface area contributed by atoms with Crippen molar-refractivity contribution in [2.45, 2.75) is 20.0 Å². The van der Waals surface area contributed by atoms with Crippen molar-refractivity contribution in [3.8, 4) is 0 Å². The lowest BCUT2D eigenvalue weighted by molar-refractivity contribution is 0.0943. The summed E-state index contributed by atoms with van der Waals surface area (Å²) in [6, 6.07) is 15.8. The lowest BCUT2D eigenvalue weighted by Crippen LogP contribution is -2.28. The van der Waals surface area contributed by atoms with Crippen LogP contribution in [0.5, 0.6) is 0 Å². The average molecular weight is 432 g/mol. The molecule has 1 fully saturated rings. The highest BCUT2D eigenvalue weighted by Gasteiger charge is 2.23. The molecule has 32 heavy (non-hydrogen) atoms. The van der Waals surface area contributed by atoms with Gasteiger partial charge in [-0.2, -0.15) is 0 Å². The molecule has 8 heteroatoms. The number of rotatable bonds is 7. The fourth-order valence-corrected chi connectivity index (χ4v) is 3.59. The van der Waals surface area contributed by atoms with Gasteiger partial charge in [0.25, 0.3) is 11.8 Å². The molecule has 8 nitrogen and oxygen atoms in total. The summed E-state index contributed by atoms with van der Waals surface area (Å²) >= 11 is 0. The largest absolute Gasteiger partial charge is 0.467 e. The molecular formula is C24H24N4O4. The maximum Gasteiger partial charge on any atom is 0.322 e. The normalized spacial score (nSPS) is 13.0. The number of benzene rings is 2. The maximum atomic E-state index is 12.6. The van der Waals surface area contributed by atoms with Crippen molar-refractivity contribution in [2.24, 2.45) is 0 Å². The highest BCUT2D eigenvalue weighted by Crippen LogP contribution is 2.23. The van der Waals surface area contributed by atoms with E-state index in [2.05, 4.69) is 16.0 Å². The molecule has 4 rings (SSSR count). The molecule has 1 aliphatic heterocycles. The number of aryl methyl sites for hydroxylation is 1. The SMILES string of the molecule is Cc1cc(C(=O)NCc2cccc(C(=O)NCc3ccco3)c2)ccc1N1CCNC1=O. The van der Waals surface area contributed by atoms with Gasteiger partial charge in [0.1, 0.15) is 5.76 Å². The van der Waals surface area contributed by atoms with E-state index in [4.69, 9.17) is 4.42 Å². The Hall–Kier alpha value is -4.07. The Morgan fingerprint density at radius 2 is 1.78 bits per heavy atom. The predicted octanol–water partition coefficient (Wildman–Crippen LogP) is 2.98. The molecule has 0 radical (unpaired) electrons. The van der Waals surface area contributed by atoms with Crippen molar-refractivity contribution in [1.29, 1.82) is 0 Å². The minimum absolute atomic E-state index is 0.126. The monoisotopic (exact) mass is 432 g/mol. The average Bonchev–Trinajstić information content (AvgIpc) is 3.47. The third-order valence-corrected chi connectivity index (χ3v) is 5.25. The van der Waals surface area contributed by atoms with E-state index in [0.717, 1.165) is 16.8 Å². The van der Waals surface area contributed by atoms with E-state index >= 15 is 0 Å². The van der Waals surface area contributed by atoms with Crippen molar-refractivity contribution in [3.05, 3.63) is 88.9 Å². The van der Waals surface area contributed by atoms with Crippen LogP contribution in [0.15, 0.2) is 65.3 Å². The fourth-order valence-electron chi connectivity index (χ4n) is 3.59. The number of nitrogens with zero attached hydrogens (tertiary/aromatic N) is 1. The van der Waals surface area contributed by atoms with Gasteiger partial charge in [-0.3, -0.25) is 14.5 Å². The Balaban J connectivity index is 1.35. The Kier molecular flexibility index (Phi) is 6.21. The number of hydrogen-bond acceptors (Lipinski definition) is 4. The summed E-state index contributed by atoms with van der Waals surface area (Å²) in [7, 11) is 0. The summed E-state index contributed by atoms with van der Waals surface area (Å²) in [5.41, 5.74) is 3.48. The van der Waals surface area contributed by atoms with Gasteiger partial charge < -0.3 is 20.4 Å². The minimum Gasteiger partial charge on any atom is -0.467 e. The number of furan rings is 1. The third-order valence-electron chi connectivity index (χ3n) is 5.25. The Morgan fingerprint density at radius 1 is 1.00 bits per heavy atom. The van der Waals surface area contributed by atoms with E-state index in [1.165, 1.54) is 0 Å². The van der Waals surface area contributed by atoms with Gasteiger partial charge in [-0.25, -0.2) is 4.79 Å². The fraction of sp³-hybridized carbons (Fsp3) is 0.208. The van der Waals surface area contributed by atoms with Crippen LogP contribution < -0.4 is 20.9 Å². The first-order chi connectivity index (χ1) is 15.5. The van der Waals surface area contributed by atoms with Gasteiger partial charge in [0, 0.05) is 36.4 Å². The molecule has 3 aromatic rings. The zero-order valence-corrected chi connectivity index (χ0v) is 17.7. The number of nitrogens with one attached hydrogen (secondary N) is 3. The molecule has 164 valence electrons. The number of carbonyl (C=O) groups is 3. The van der Waals surface area contributed by atoms with Crippen molar-refractivity contribution < 1.29 is 18.8 Å². The number of urea groups is 1. The van der Waals surface area contributed by atoms with Gasteiger partial charge in [-0.15, -0.1) is 0 Å². The molecule has 0 saturated carbocycles. The molecule has 1 saturated heterocycles. The summed E-state index contributed by atoms with van der Waals surface area (Å²) in [5, 5.41) is 8.46. The first-order valence-corrected chi connectivity index (χ1v) is 10.3. The second-order valence-corrected chi connectivity index (χ2v) is 7.53. The molecular weight excluding hydrogens is 408 g/mol. The highest BCUT2D eigenvalue weighted by molar-refractivity contribution is 5.98. The van der Waals surface area contributed by atoms with Crippen LogP contribution >= 0.6 is 0 Å². The van der Waals surface area contributed by atoms with Crippen LogP contribution in [-0.4, -0.2) is 30.9 Å². The standard InChI is InChI=1S/C24H24N4O4/c1-16-12-19(7-8-21(16)28-10-9-25-24(28)31)23(30)26-14-17-4-2-5-18(13-17)22(29)27-15-20-6-3-11-32-20/h2-8,11-13H,9-10,14-15H2,1H3,(H,25,31)(H,26,30)(H,27,29).